The number of hydrogen-bond acceptors (Lipinski definition) is 3. The first kappa shape index (κ1) is 9.51. The van der Waals surface area contributed by atoms with E-state index >= 15 is 0 Å². The lowest BCUT2D eigenvalue weighted by molar-refractivity contribution is 0.0699. The van der Waals surface area contributed by atoms with E-state index in [1.54, 1.807) is 23.1 Å². The Balaban J connectivity index is 2.74. The van der Waals surface area contributed by atoms with E-state index in [9.17, 15) is 4.79 Å². The number of carboxylic acid groups (broad SMARTS) is 1. The van der Waals surface area contributed by atoms with E-state index in [2.05, 4.69) is 4.98 Å². The Morgan fingerprint density at radius 3 is 2.80 bits per heavy atom. The molecule has 0 radical (unpaired) electrons. The summed E-state index contributed by atoms with van der Waals surface area (Å²) in [6.45, 7) is 0. The zero-order valence-electron chi connectivity index (χ0n) is 8.51. The Bertz CT molecular complexity index is 516. The van der Waals surface area contributed by atoms with Gasteiger partial charge in [0.2, 0.25) is 0 Å². The quantitative estimate of drug-likeness (QED) is 0.792. The normalized spacial score (nSPS) is 10.5. The fourth-order valence-electron chi connectivity index (χ4n) is 1.52. The topological polar surface area (TPSA) is 58.4 Å². The number of carbonyl (C=O) groups is 1. The van der Waals surface area contributed by atoms with Gasteiger partial charge in [-0.1, -0.05) is 6.07 Å². The van der Waals surface area contributed by atoms with Gasteiger partial charge in [-0.15, -0.1) is 0 Å². The van der Waals surface area contributed by atoms with Gasteiger partial charge in [-0.25, -0.2) is 14.5 Å². The van der Waals surface area contributed by atoms with Gasteiger partial charge in [0.25, 0.3) is 0 Å². The van der Waals surface area contributed by atoms with Gasteiger partial charge in [-0.05, 0) is 12.1 Å². The molecule has 5 nitrogen and oxygen atoms in total. The summed E-state index contributed by atoms with van der Waals surface area (Å²) in [6, 6.07) is 5.11. The first-order chi connectivity index (χ1) is 7.11. The lowest BCUT2D eigenvalue weighted by atomic mass is 10.2. The van der Waals surface area contributed by atoms with Crippen molar-refractivity contribution < 1.29 is 9.90 Å². The summed E-state index contributed by atoms with van der Waals surface area (Å²) in [7, 11) is 3.74. The molecule has 1 aromatic heterocycles. The Morgan fingerprint density at radius 1 is 1.47 bits per heavy atom. The molecule has 1 aromatic carbocycles. The molecular weight excluding hydrogens is 194 g/mol. The van der Waals surface area contributed by atoms with E-state index in [1.165, 1.54) is 0 Å². The van der Waals surface area contributed by atoms with Gasteiger partial charge in [0.1, 0.15) is 11.8 Å². The van der Waals surface area contributed by atoms with Crippen molar-refractivity contribution in [3.05, 3.63) is 30.1 Å². The standard InChI is InChI=1S/C10H11N3O2/c1-12(2)13-6-11-9-7(10(14)15)4-3-5-8(9)13/h3-6H,1-2H3,(H,14,15). The van der Waals surface area contributed by atoms with Crippen LogP contribution in [0.4, 0.5) is 0 Å². The van der Waals surface area contributed by atoms with Gasteiger partial charge >= 0.3 is 5.97 Å². The summed E-state index contributed by atoms with van der Waals surface area (Å²) in [5.41, 5.74) is 1.53. The third-order valence-electron chi connectivity index (χ3n) is 2.22. The fraction of sp³-hybridized carbons (Fsp3) is 0.200. The number of benzene rings is 1. The summed E-state index contributed by atoms with van der Waals surface area (Å²) in [5, 5.41) is 10.8. The van der Waals surface area contributed by atoms with Crippen LogP contribution in [0, 0.1) is 0 Å². The summed E-state index contributed by atoms with van der Waals surface area (Å²) in [6.07, 6.45) is 1.61. The molecule has 0 saturated carbocycles. The highest BCUT2D eigenvalue weighted by Gasteiger charge is 2.12. The third-order valence-corrected chi connectivity index (χ3v) is 2.22. The Hall–Kier alpha value is -2.04. The van der Waals surface area contributed by atoms with Crippen LogP contribution in [-0.4, -0.2) is 34.8 Å². The average Bonchev–Trinajstić information content (AvgIpc) is 2.59. The van der Waals surface area contributed by atoms with E-state index in [-0.39, 0.29) is 5.56 Å². The van der Waals surface area contributed by atoms with E-state index in [0.717, 1.165) is 5.52 Å². The molecule has 0 saturated heterocycles. The highest BCUT2D eigenvalue weighted by Crippen LogP contribution is 2.17. The predicted octanol–water partition coefficient (Wildman–Crippen LogP) is 0.932. The van der Waals surface area contributed by atoms with Gasteiger partial charge in [0.05, 0.1) is 11.1 Å². The summed E-state index contributed by atoms with van der Waals surface area (Å²) < 4.78 is 1.79. The van der Waals surface area contributed by atoms with Crippen molar-refractivity contribution in [2.45, 2.75) is 0 Å². The van der Waals surface area contributed by atoms with Crippen LogP contribution in [0.25, 0.3) is 11.0 Å². The third kappa shape index (κ3) is 1.41. The monoisotopic (exact) mass is 205 g/mol. The number of nitrogens with zero attached hydrogens (tertiary/aromatic N) is 3. The van der Waals surface area contributed by atoms with Crippen LogP contribution in [0.5, 0.6) is 0 Å². The smallest absolute Gasteiger partial charge is 0.337 e. The molecule has 78 valence electrons. The molecule has 0 fully saturated rings. The summed E-state index contributed by atoms with van der Waals surface area (Å²) >= 11 is 0. The lowest BCUT2D eigenvalue weighted by Gasteiger charge is -2.14. The number of imidazole rings is 1. The number of carboxylic acids is 1. The number of hydrogen-bond donors (Lipinski definition) is 1. The molecule has 0 aliphatic rings. The molecule has 0 unspecified atom stereocenters. The van der Waals surface area contributed by atoms with Crippen molar-refractivity contribution in [3.63, 3.8) is 0 Å². The minimum absolute atomic E-state index is 0.230. The number of aromatic nitrogens is 2. The van der Waals surface area contributed by atoms with Crippen molar-refractivity contribution in [3.8, 4) is 0 Å². The molecule has 0 spiro atoms. The first-order valence-corrected chi connectivity index (χ1v) is 4.48. The minimum Gasteiger partial charge on any atom is -0.478 e. The van der Waals surface area contributed by atoms with E-state index in [0.29, 0.717) is 5.52 Å². The number of para-hydroxylation sites is 1. The number of rotatable bonds is 2. The van der Waals surface area contributed by atoms with Crippen molar-refractivity contribution in [1.82, 2.24) is 9.66 Å². The molecule has 5 heteroatoms. The van der Waals surface area contributed by atoms with Gasteiger partial charge in [-0.3, -0.25) is 0 Å². The van der Waals surface area contributed by atoms with E-state index in [1.807, 2.05) is 25.2 Å². The van der Waals surface area contributed by atoms with Crippen LogP contribution < -0.4 is 5.01 Å². The maximum Gasteiger partial charge on any atom is 0.337 e. The Morgan fingerprint density at radius 2 is 2.20 bits per heavy atom. The van der Waals surface area contributed by atoms with Gasteiger partial charge < -0.3 is 10.1 Å². The summed E-state index contributed by atoms with van der Waals surface area (Å²) in [5.74, 6) is -0.954. The van der Waals surface area contributed by atoms with Crippen LogP contribution in [0.3, 0.4) is 0 Å². The van der Waals surface area contributed by atoms with Crippen molar-refractivity contribution in [1.29, 1.82) is 0 Å². The van der Waals surface area contributed by atoms with Crippen LogP contribution >= 0.6 is 0 Å². The first-order valence-electron chi connectivity index (χ1n) is 4.48. The van der Waals surface area contributed by atoms with E-state index in [4.69, 9.17) is 5.11 Å². The highest BCUT2D eigenvalue weighted by molar-refractivity contribution is 6.00. The van der Waals surface area contributed by atoms with Crippen molar-refractivity contribution >= 4 is 17.0 Å². The van der Waals surface area contributed by atoms with Crippen molar-refractivity contribution in [2.24, 2.45) is 0 Å². The summed E-state index contributed by atoms with van der Waals surface area (Å²) in [4.78, 5) is 15.0. The SMILES string of the molecule is CN(C)n1cnc2c(C(=O)O)cccc21. The second kappa shape index (κ2) is 3.27. The molecule has 0 aliphatic heterocycles. The zero-order chi connectivity index (χ0) is 11.0. The molecular formula is C10H11N3O2. The second-order valence-electron chi connectivity index (χ2n) is 3.41. The zero-order valence-corrected chi connectivity index (χ0v) is 8.51. The van der Waals surface area contributed by atoms with Gasteiger partial charge in [-0.2, -0.15) is 0 Å². The molecule has 2 rings (SSSR count). The number of aromatic carboxylic acids is 1. The molecule has 1 heterocycles. The van der Waals surface area contributed by atoms with Gasteiger partial charge in [0, 0.05) is 14.1 Å². The molecule has 0 amide bonds. The molecule has 15 heavy (non-hydrogen) atoms. The molecule has 1 N–H and O–H groups in total. The average molecular weight is 205 g/mol. The van der Waals surface area contributed by atoms with Crippen LogP contribution in [-0.2, 0) is 0 Å². The van der Waals surface area contributed by atoms with Crippen molar-refractivity contribution in [2.75, 3.05) is 19.1 Å². The lowest BCUT2D eigenvalue weighted by Crippen LogP contribution is -2.23. The molecule has 0 atom stereocenters. The predicted molar refractivity (Wildman–Crippen MR) is 56.8 cm³/mol. The Kier molecular flexibility index (Phi) is 2.07. The molecule has 2 aromatic rings. The number of fused-ring (bicyclic) bond motifs is 1. The minimum atomic E-state index is -0.954. The Labute approximate surface area is 86.5 Å². The highest BCUT2D eigenvalue weighted by atomic mass is 16.4. The second-order valence-corrected chi connectivity index (χ2v) is 3.41. The molecule has 0 aliphatic carbocycles. The van der Waals surface area contributed by atoms with Crippen LogP contribution in [0.2, 0.25) is 0 Å². The van der Waals surface area contributed by atoms with Crippen LogP contribution in [0.15, 0.2) is 24.5 Å². The fourth-order valence-corrected chi connectivity index (χ4v) is 1.52. The largest absolute Gasteiger partial charge is 0.478 e. The maximum absolute atomic E-state index is 10.9. The van der Waals surface area contributed by atoms with Crippen LogP contribution in [0.1, 0.15) is 10.4 Å². The van der Waals surface area contributed by atoms with Gasteiger partial charge in [0.15, 0.2) is 0 Å². The maximum atomic E-state index is 10.9. The van der Waals surface area contributed by atoms with E-state index < -0.39 is 5.97 Å². The molecule has 0 bridgehead atoms.